The van der Waals surface area contributed by atoms with E-state index in [-0.39, 0.29) is 5.91 Å². The van der Waals surface area contributed by atoms with Gasteiger partial charge < -0.3 is 10.1 Å². The summed E-state index contributed by atoms with van der Waals surface area (Å²) in [4.78, 5) is 29.4. The van der Waals surface area contributed by atoms with E-state index in [1.54, 1.807) is 20.8 Å². The molecule has 0 unspecified atom stereocenters. The highest BCUT2D eigenvalue weighted by Crippen LogP contribution is 2.15. The number of hydrogen-bond donors (Lipinski definition) is 1. The molecule has 0 saturated carbocycles. The van der Waals surface area contributed by atoms with Crippen molar-refractivity contribution in [3.05, 3.63) is 35.9 Å². The third-order valence-corrected chi connectivity index (χ3v) is 3.09. The fraction of sp³-hybridized carbons (Fsp3) is 0.500. The van der Waals surface area contributed by atoms with Gasteiger partial charge in [0.2, 0.25) is 0 Å². The van der Waals surface area contributed by atoms with Gasteiger partial charge in [0.05, 0.1) is 6.54 Å². The Bertz CT molecular complexity index is 525. The van der Waals surface area contributed by atoms with Crippen molar-refractivity contribution in [1.82, 2.24) is 10.4 Å². The van der Waals surface area contributed by atoms with Crippen LogP contribution >= 0.6 is 0 Å². The molecule has 6 nitrogen and oxygen atoms in total. The van der Waals surface area contributed by atoms with Gasteiger partial charge in [0.25, 0.3) is 5.91 Å². The summed E-state index contributed by atoms with van der Waals surface area (Å²) < 4.78 is 5.15. The van der Waals surface area contributed by atoms with E-state index in [9.17, 15) is 9.59 Å². The van der Waals surface area contributed by atoms with Crippen molar-refractivity contribution in [3.8, 4) is 0 Å². The second-order valence-electron chi connectivity index (χ2n) is 6.19. The fourth-order valence-corrected chi connectivity index (χ4v) is 2.09. The standard InChI is InChI=1S/C16H22N2O4/c1-16(2,3)22-15(20)17-13-9-10-18(14(13)19)21-11-12-7-5-4-6-8-12/h4-8,13H,9-11H2,1-3H3,(H,17,20)/t13-/m0/s1. The first-order valence-corrected chi connectivity index (χ1v) is 7.33. The molecule has 22 heavy (non-hydrogen) atoms. The minimum Gasteiger partial charge on any atom is -0.444 e. The molecule has 1 N–H and O–H groups in total. The molecular formula is C16H22N2O4. The second-order valence-corrected chi connectivity index (χ2v) is 6.19. The van der Waals surface area contributed by atoms with Gasteiger partial charge in [-0.15, -0.1) is 0 Å². The molecule has 0 bridgehead atoms. The number of benzene rings is 1. The number of hydrogen-bond acceptors (Lipinski definition) is 4. The summed E-state index contributed by atoms with van der Waals surface area (Å²) >= 11 is 0. The molecule has 2 rings (SSSR count). The van der Waals surface area contributed by atoms with Crippen molar-refractivity contribution in [1.29, 1.82) is 0 Å². The lowest BCUT2D eigenvalue weighted by Crippen LogP contribution is -2.43. The molecule has 1 aliphatic heterocycles. The number of alkyl carbamates (subject to hydrolysis) is 1. The number of carbonyl (C=O) groups excluding carboxylic acids is 2. The summed E-state index contributed by atoms with van der Waals surface area (Å²) in [5, 5.41) is 3.88. The maximum Gasteiger partial charge on any atom is 0.408 e. The number of nitrogens with one attached hydrogen (secondary N) is 1. The predicted octanol–water partition coefficient (Wildman–Crippen LogP) is 2.24. The van der Waals surface area contributed by atoms with Crippen LogP contribution in [-0.4, -0.2) is 35.3 Å². The average Bonchev–Trinajstić information content (AvgIpc) is 2.77. The quantitative estimate of drug-likeness (QED) is 0.926. The maximum absolute atomic E-state index is 12.2. The molecule has 1 heterocycles. The van der Waals surface area contributed by atoms with Gasteiger partial charge in [-0.25, -0.2) is 9.86 Å². The lowest BCUT2D eigenvalue weighted by atomic mass is 10.2. The molecule has 1 aliphatic rings. The van der Waals surface area contributed by atoms with Gasteiger partial charge in [-0.05, 0) is 32.8 Å². The largest absolute Gasteiger partial charge is 0.444 e. The molecule has 1 atom stereocenters. The first-order chi connectivity index (χ1) is 10.3. The number of carbonyl (C=O) groups is 2. The third-order valence-electron chi connectivity index (χ3n) is 3.09. The van der Waals surface area contributed by atoms with Crippen LogP contribution in [0.25, 0.3) is 0 Å². The summed E-state index contributed by atoms with van der Waals surface area (Å²) in [7, 11) is 0. The zero-order valence-electron chi connectivity index (χ0n) is 13.2. The Hall–Kier alpha value is -2.08. The van der Waals surface area contributed by atoms with Gasteiger partial charge in [0.1, 0.15) is 18.2 Å². The first kappa shape index (κ1) is 16.3. The highest BCUT2D eigenvalue weighted by atomic mass is 16.7. The lowest BCUT2D eigenvalue weighted by Gasteiger charge is -2.21. The van der Waals surface area contributed by atoms with E-state index >= 15 is 0 Å². The molecule has 6 heteroatoms. The van der Waals surface area contributed by atoms with Crippen LogP contribution in [0.2, 0.25) is 0 Å². The van der Waals surface area contributed by atoms with E-state index in [1.807, 2.05) is 30.3 Å². The summed E-state index contributed by atoms with van der Waals surface area (Å²) in [6, 6.07) is 9.01. The van der Waals surface area contributed by atoms with E-state index in [4.69, 9.17) is 9.57 Å². The van der Waals surface area contributed by atoms with Crippen LogP contribution in [0.1, 0.15) is 32.8 Å². The van der Waals surface area contributed by atoms with Crippen molar-refractivity contribution >= 4 is 12.0 Å². The minimum absolute atomic E-state index is 0.248. The zero-order valence-corrected chi connectivity index (χ0v) is 13.2. The van der Waals surface area contributed by atoms with Gasteiger partial charge in [0, 0.05) is 0 Å². The third kappa shape index (κ3) is 4.73. The van der Waals surface area contributed by atoms with E-state index in [0.717, 1.165) is 5.56 Å². The van der Waals surface area contributed by atoms with Crippen molar-refractivity contribution in [3.63, 3.8) is 0 Å². The van der Waals surface area contributed by atoms with E-state index in [1.165, 1.54) is 5.06 Å². The Balaban J connectivity index is 1.81. The van der Waals surface area contributed by atoms with E-state index in [2.05, 4.69) is 5.32 Å². The number of nitrogens with zero attached hydrogens (tertiary/aromatic N) is 1. The van der Waals surface area contributed by atoms with Crippen LogP contribution in [0.5, 0.6) is 0 Å². The Morgan fingerprint density at radius 1 is 1.32 bits per heavy atom. The van der Waals surface area contributed by atoms with Gasteiger partial charge >= 0.3 is 6.09 Å². The van der Waals surface area contributed by atoms with Crippen LogP contribution in [-0.2, 0) is 21.0 Å². The Morgan fingerprint density at radius 3 is 2.64 bits per heavy atom. The van der Waals surface area contributed by atoms with Crippen LogP contribution in [0.15, 0.2) is 30.3 Å². The van der Waals surface area contributed by atoms with Crippen LogP contribution in [0.4, 0.5) is 4.79 Å². The van der Waals surface area contributed by atoms with Crippen LogP contribution in [0, 0.1) is 0 Å². The highest BCUT2D eigenvalue weighted by molar-refractivity contribution is 5.86. The monoisotopic (exact) mass is 306 g/mol. The zero-order chi connectivity index (χ0) is 16.2. The van der Waals surface area contributed by atoms with Gasteiger partial charge in [-0.1, -0.05) is 30.3 Å². The van der Waals surface area contributed by atoms with Gasteiger partial charge in [-0.3, -0.25) is 9.63 Å². The molecule has 0 aromatic heterocycles. The SMILES string of the molecule is CC(C)(C)OC(=O)N[C@H]1CCN(OCc2ccccc2)C1=O. The number of rotatable bonds is 4. The molecule has 1 fully saturated rings. The smallest absolute Gasteiger partial charge is 0.408 e. The van der Waals surface area contributed by atoms with Crippen LogP contribution in [0.3, 0.4) is 0 Å². The number of hydroxylamine groups is 2. The number of amides is 2. The molecule has 1 aromatic carbocycles. The van der Waals surface area contributed by atoms with Crippen LogP contribution < -0.4 is 5.32 Å². The van der Waals surface area contributed by atoms with Crippen molar-refractivity contribution in [2.24, 2.45) is 0 Å². The van der Waals surface area contributed by atoms with E-state index in [0.29, 0.717) is 19.6 Å². The first-order valence-electron chi connectivity index (χ1n) is 7.33. The van der Waals surface area contributed by atoms with Crippen molar-refractivity contribution in [2.45, 2.75) is 45.4 Å². The lowest BCUT2D eigenvalue weighted by molar-refractivity contribution is -0.183. The van der Waals surface area contributed by atoms with Gasteiger partial charge in [-0.2, -0.15) is 0 Å². The number of ether oxygens (including phenoxy) is 1. The Morgan fingerprint density at radius 2 is 2.00 bits per heavy atom. The summed E-state index contributed by atoms with van der Waals surface area (Å²) in [5.41, 5.74) is 0.397. The normalized spacial score (nSPS) is 18.4. The molecule has 0 aliphatic carbocycles. The summed E-state index contributed by atoms with van der Waals surface area (Å²) in [6.07, 6.45) is -0.0804. The predicted molar refractivity (Wildman–Crippen MR) is 80.7 cm³/mol. The Labute approximate surface area is 130 Å². The minimum atomic E-state index is -0.592. The van der Waals surface area contributed by atoms with Crippen molar-refractivity contribution in [2.75, 3.05) is 6.54 Å². The Kier molecular flexibility index (Phi) is 5.03. The topological polar surface area (TPSA) is 67.9 Å². The molecule has 1 saturated heterocycles. The highest BCUT2D eigenvalue weighted by Gasteiger charge is 2.34. The molecule has 0 spiro atoms. The van der Waals surface area contributed by atoms with E-state index < -0.39 is 17.7 Å². The van der Waals surface area contributed by atoms with Gasteiger partial charge in [0.15, 0.2) is 0 Å². The summed E-state index contributed by atoms with van der Waals surface area (Å²) in [6.45, 7) is 6.10. The fourth-order valence-electron chi connectivity index (χ4n) is 2.09. The second kappa shape index (κ2) is 6.79. The molecule has 1 aromatic rings. The van der Waals surface area contributed by atoms with Crippen molar-refractivity contribution < 1.29 is 19.2 Å². The molecule has 120 valence electrons. The average molecular weight is 306 g/mol. The molecular weight excluding hydrogens is 284 g/mol. The maximum atomic E-state index is 12.2. The molecule has 0 radical (unpaired) electrons. The molecule has 2 amide bonds. The summed E-state index contributed by atoms with van der Waals surface area (Å²) in [5.74, 6) is -0.248.